The van der Waals surface area contributed by atoms with E-state index in [-0.39, 0.29) is 0 Å². The minimum absolute atomic E-state index is 0.686. The van der Waals surface area contributed by atoms with Crippen LogP contribution in [0.2, 0.25) is 0 Å². The summed E-state index contributed by atoms with van der Waals surface area (Å²) in [5.74, 6) is 1.03. The van der Waals surface area contributed by atoms with Crippen LogP contribution in [-0.2, 0) is 4.52 Å². The summed E-state index contributed by atoms with van der Waals surface area (Å²) in [6, 6.07) is 1.71. The summed E-state index contributed by atoms with van der Waals surface area (Å²) in [5, 5.41) is 0. The van der Waals surface area contributed by atoms with Gasteiger partial charge in [0.15, 0.2) is 0 Å². The fraction of sp³-hybridized carbons (Fsp3) is 1.00. The molecule has 12 heavy (non-hydrogen) atoms. The van der Waals surface area contributed by atoms with Crippen LogP contribution in [-0.4, -0.2) is 23.4 Å². The molecule has 0 aromatic rings. The average molecular weight is 185 g/mol. The van der Waals surface area contributed by atoms with Crippen molar-refractivity contribution < 1.29 is 4.52 Å². The molecule has 3 fully saturated rings. The van der Waals surface area contributed by atoms with Crippen LogP contribution in [0.25, 0.3) is 0 Å². The highest BCUT2D eigenvalue weighted by atomic mass is 31.1. The predicted octanol–water partition coefficient (Wildman–Crippen LogP) is 2.16. The molecule has 0 amide bonds. The number of nitrogens with zero attached hydrogens (tertiary/aromatic N) is 1. The molecule has 2 nitrogen and oxygen atoms in total. The van der Waals surface area contributed by atoms with Crippen molar-refractivity contribution in [1.82, 2.24) is 4.67 Å². The van der Waals surface area contributed by atoms with E-state index in [1.54, 1.807) is 0 Å². The van der Waals surface area contributed by atoms with E-state index in [0.717, 1.165) is 24.6 Å². The quantitative estimate of drug-likeness (QED) is 0.536. The Bertz CT molecular complexity index is 187. The zero-order valence-corrected chi connectivity index (χ0v) is 8.33. The van der Waals surface area contributed by atoms with Crippen LogP contribution < -0.4 is 0 Å². The molecule has 2 heterocycles. The summed E-state index contributed by atoms with van der Waals surface area (Å²) in [6.45, 7) is 1.02. The second-order valence-electron chi connectivity index (χ2n) is 4.31. The fourth-order valence-electron chi connectivity index (χ4n) is 3.06. The largest absolute Gasteiger partial charge is 0.345 e. The third kappa shape index (κ3) is 1.05. The van der Waals surface area contributed by atoms with E-state index in [1.807, 2.05) is 0 Å². The van der Waals surface area contributed by atoms with Gasteiger partial charge in [-0.2, -0.15) is 0 Å². The normalized spacial score (nSPS) is 49.5. The van der Waals surface area contributed by atoms with E-state index in [2.05, 4.69) is 4.67 Å². The Labute approximate surface area is 75.6 Å². The molecule has 0 radical (unpaired) electrons. The Morgan fingerprint density at radius 1 is 1.25 bits per heavy atom. The molecule has 2 saturated heterocycles. The smallest absolute Gasteiger partial charge is 0.0896 e. The molecule has 0 spiro atoms. The topological polar surface area (TPSA) is 12.5 Å². The maximum atomic E-state index is 5.51. The van der Waals surface area contributed by atoms with Crippen molar-refractivity contribution in [2.75, 3.05) is 6.61 Å². The molecule has 1 aliphatic carbocycles. The van der Waals surface area contributed by atoms with Crippen LogP contribution in [0.15, 0.2) is 0 Å². The first-order valence-electron chi connectivity index (χ1n) is 5.11. The van der Waals surface area contributed by atoms with Crippen LogP contribution in [0.5, 0.6) is 0 Å². The lowest BCUT2D eigenvalue weighted by Crippen LogP contribution is -2.30. The molecule has 2 aliphatic heterocycles. The average Bonchev–Trinajstić information content (AvgIpc) is 2.62. The highest BCUT2D eigenvalue weighted by Crippen LogP contribution is 2.48. The Morgan fingerprint density at radius 2 is 2.17 bits per heavy atom. The second-order valence-corrected chi connectivity index (χ2v) is 5.30. The molecule has 4 atom stereocenters. The van der Waals surface area contributed by atoms with Crippen molar-refractivity contribution >= 4 is 8.96 Å². The monoisotopic (exact) mass is 185 g/mol. The van der Waals surface area contributed by atoms with Crippen molar-refractivity contribution in [2.24, 2.45) is 5.92 Å². The van der Waals surface area contributed by atoms with E-state index >= 15 is 0 Å². The van der Waals surface area contributed by atoms with Gasteiger partial charge in [-0.1, -0.05) is 12.8 Å². The number of hydrogen-bond acceptors (Lipinski definition) is 2. The zero-order chi connectivity index (χ0) is 7.97. The fourth-order valence-corrected chi connectivity index (χ4v) is 4.28. The van der Waals surface area contributed by atoms with Crippen LogP contribution in [0.1, 0.15) is 32.1 Å². The number of rotatable bonds is 0. The van der Waals surface area contributed by atoms with Gasteiger partial charge in [-0.3, -0.25) is 4.67 Å². The molecule has 0 aromatic carbocycles. The van der Waals surface area contributed by atoms with Crippen molar-refractivity contribution in [2.45, 2.75) is 44.2 Å². The highest BCUT2D eigenvalue weighted by Gasteiger charge is 2.44. The molecular formula is C9H16NOP. The summed E-state index contributed by atoms with van der Waals surface area (Å²) in [5.41, 5.74) is 0. The van der Waals surface area contributed by atoms with Crippen molar-refractivity contribution in [3.8, 4) is 0 Å². The molecule has 3 heteroatoms. The Kier molecular flexibility index (Phi) is 1.89. The van der Waals surface area contributed by atoms with E-state index in [1.165, 1.54) is 32.1 Å². The molecule has 3 aliphatic rings. The standard InChI is InChI=1S/C9H16NOP/c1-2-4-9-7(3-1)5-8-6-11-12-10(8)9/h7-9,12H,1-6H2/t7-,8?,9-/m0/s1. The van der Waals surface area contributed by atoms with Gasteiger partial charge < -0.3 is 4.52 Å². The first-order chi connectivity index (χ1) is 5.95. The molecule has 1 saturated carbocycles. The van der Waals surface area contributed by atoms with Gasteiger partial charge in [0.1, 0.15) is 0 Å². The first-order valence-corrected chi connectivity index (χ1v) is 5.96. The third-order valence-electron chi connectivity index (χ3n) is 3.64. The molecule has 0 N–H and O–H groups in total. The summed E-state index contributed by atoms with van der Waals surface area (Å²) in [6.07, 6.45) is 7.29. The molecule has 0 aromatic heterocycles. The minimum Gasteiger partial charge on any atom is -0.345 e. The Balaban J connectivity index is 1.79. The van der Waals surface area contributed by atoms with E-state index in [0.29, 0.717) is 8.96 Å². The zero-order valence-electron chi connectivity index (χ0n) is 7.33. The molecular weight excluding hydrogens is 169 g/mol. The van der Waals surface area contributed by atoms with Gasteiger partial charge >= 0.3 is 0 Å². The van der Waals surface area contributed by atoms with Crippen LogP contribution >= 0.6 is 8.96 Å². The SMILES string of the molecule is C1CC[C@H]2[C@@H](C1)CC1COPN12. The summed E-state index contributed by atoms with van der Waals surface area (Å²) >= 11 is 0. The van der Waals surface area contributed by atoms with Gasteiger partial charge in [-0.05, 0) is 25.2 Å². The predicted molar refractivity (Wildman–Crippen MR) is 50.3 cm³/mol. The van der Waals surface area contributed by atoms with E-state index in [4.69, 9.17) is 4.52 Å². The lowest BCUT2D eigenvalue weighted by molar-refractivity contribution is 0.264. The maximum absolute atomic E-state index is 5.51. The summed E-state index contributed by atoms with van der Waals surface area (Å²) in [7, 11) is 0.686. The first kappa shape index (κ1) is 7.73. The van der Waals surface area contributed by atoms with Gasteiger partial charge in [-0.25, -0.2) is 0 Å². The second kappa shape index (κ2) is 2.94. The number of hydrogen-bond donors (Lipinski definition) is 0. The summed E-state index contributed by atoms with van der Waals surface area (Å²) in [4.78, 5) is 0. The van der Waals surface area contributed by atoms with E-state index in [9.17, 15) is 0 Å². The van der Waals surface area contributed by atoms with Crippen LogP contribution in [0.4, 0.5) is 0 Å². The third-order valence-corrected chi connectivity index (χ3v) is 4.84. The lowest BCUT2D eigenvalue weighted by atomic mass is 9.85. The van der Waals surface area contributed by atoms with Gasteiger partial charge in [-0.15, -0.1) is 0 Å². The van der Waals surface area contributed by atoms with Crippen LogP contribution in [0.3, 0.4) is 0 Å². The molecule has 0 bridgehead atoms. The van der Waals surface area contributed by atoms with Crippen molar-refractivity contribution in [3.63, 3.8) is 0 Å². The highest BCUT2D eigenvalue weighted by molar-refractivity contribution is 7.29. The Hall–Kier alpha value is 0.350. The Morgan fingerprint density at radius 3 is 3.17 bits per heavy atom. The van der Waals surface area contributed by atoms with E-state index < -0.39 is 0 Å². The molecule has 68 valence electrons. The van der Waals surface area contributed by atoms with Crippen molar-refractivity contribution in [1.29, 1.82) is 0 Å². The summed E-state index contributed by atoms with van der Waals surface area (Å²) < 4.78 is 8.16. The van der Waals surface area contributed by atoms with Gasteiger partial charge in [0.05, 0.1) is 15.6 Å². The number of fused-ring (bicyclic) bond motifs is 3. The molecule has 2 unspecified atom stereocenters. The van der Waals surface area contributed by atoms with Gasteiger partial charge in [0.2, 0.25) is 0 Å². The molecule has 3 rings (SSSR count). The lowest BCUT2D eigenvalue weighted by Gasteiger charge is -2.29. The van der Waals surface area contributed by atoms with Gasteiger partial charge in [0, 0.05) is 12.1 Å². The van der Waals surface area contributed by atoms with Crippen LogP contribution in [0, 0.1) is 5.92 Å². The maximum Gasteiger partial charge on any atom is 0.0896 e. The van der Waals surface area contributed by atoms with Gasteiger partial charge in [0.25, 0.3) is 0 Å². The minimum atomic E-state index is 0.686. The van der Waals surface area contributed by atoms with Crippen molar-refractivity contribution in [3.05, 3.63) is 0 Å².